The summed E-state index contributed by atoms with van der Waals surface area (Å²) in [6.45, 7) is 5.36. The molecule has 0 aliphatic rings. The van der Waals surface area contributed by atoms with Crippen molar-refractivity contribution in [2.45, 2.75) is 13.8 Å². The number of likely N-dealkylation sites (N-methyl/N-ethyl adjacent to an activating group) is 1. The molecule has 0 radical (unpaired) electrons. The number of rotatable bonds is 5. The van der Waals surface area contributed by atoms with Gasteiger partial charge in [0.25, 0.3) is 5.91 Å². The average Bonchev–Trinajstić information content (AvgIpc) is 1.97. The minimum Gasteiger partial charge on any atom is -0.309 e. The summed E-state index contributed by atoms with van der Waals surface area (Å²) in [5.74, 6) is -0.135. The summed E-state index contributed by atoms with van der Waals surface area (Å²) in [5.41, 5.74) is 2.27. The molecule has 0 aliphatic carbocycles. The molecule has 4 heteroatoms. The van der Waals surface area contributed by atoms with Crippen LogP contribution in [-0.2, 0) is 9.63 Å². The molecule has 0 fully saturated rings. The molecule has 0 bridgehead atoms. The van der Waals surface area contributed by atoms with Gasteiger partial charge in [-0.15, -0.1) is 0 Å². The van der Waals surface area contributed by atoms with Gasteiger partial charge >= 0.3 is 0 Å². The SMILES string of the molecule is CCNCC(=O)NOCC. The first-order chi connectivity index (χ1) is 4.81. The van der Waals surface area contributed by atoms with Crippen LogP contribution in [-0.4, -0.2) is 25.6 Å². The Labute approximate surface area is 60.9 Å². The number of hydrogen-bond acceptors (Lipinski definition) is 3. The highest BCUT2D eigenvalue weighted by Gasteiger charge is 1.95. The Balaban J connectivity index is 3.09. The molecule has 0 aliphatic heterocycles. The summed E-state index contributed by atoms with van der Waals surface area (Å²) >= 11 is 0. The zero-order valence-electron chi connectivity index (χ0n) is 6.44. The van der Waals surface area contributed by atoms with Gasteiger partial charge in [0.15, 0.2) is 0 Å². The van der Waals surface area contributed by atoms with Gasteiger partial charge in [-0.25, -0.2) is 5.48 Å². The van der Waals surface area contributed by atoms with Crippen LogP contribution in [0, 0.1) is 0 Å². The van der Waals surface area contributed by atoms with E-state index in [4.69, 9.17) is 0 Å². The summed E-state index contributed by atoms with van der Waals surface area (Å²) in [6.07, 6.45) is 0. The van der Waals surface area contributed by atoms with Gasteiger partial charge in [-0.2, -0.15) is 0 Å². The van der Waals surface area contributed by atoms with Crippen LogP contribution in [0.4, 0.5) is 0 Å². The Bertz CT molecular complexity index is 85.7. The van der Waals surface area contributed by atoms with Gasteiger partial charge in [-0.3, -0.25) is 9.63 Å². The van der Waals surface area contributed by atoms with Gasteiger partial charge < -0.3 is 5.32 Å². The van der Waals surface area contributed by atoms with Crippen LogP contribution in [0.25, 0.3) is 0 Å². The molecule has 0 aromatic rings. The number of nitrogens with one attached hydrogen (secondary N) is 2. The minimum absolute atomic E-state index is 0.135. The van der Waals surface area contributed by atoms with Gasteiger partial charge in [0.1, 0.15) is 0 Å². The normalized spacial score (nSPS) is 9.40. The molecular formula is C6H14N2O2. The summed E-state index contributed by atoms with van der Waals surface area (Å²) in [5, 5.41) is 2.86. The molecule has 0 saturated carbocycles. The first kappa shape index (κ1) is 9.39. The highest BCUT2D eigenvalue weighted by Crippen LogP contribution is 1.66. The molecular weight excluding hydrogens is 132 g/mol. The Morgan fingerprint density at radius 3 is 2.70 bits per heavy atom. The molecule has 0 aromatic carbocycles. The summed E-state index contributed by atoms with van der Waals surface area (Å²) < 4.78 is 0. The van der Waals surface area contributed by atoms with E-state index in [1.54, 1.807) is 0 Å². The standard InChI is InChI=1S/C6H14N2O2/c1-3-7-5-6(9)8-10-4-2/h7H,3-5H2,1-2H3,(H,8,9). The van der Waals surface area contributed by atoms with Gasteiger partial charge in [-0.05, 0) is 13.5 Å². The maximum absolute atomic E-state index is 10.7. The molecule has 0 spiro atoms. The maximum atomic E-state index is 10.7. The van der Waals surface area contributed by atoms with Crippen LogP contribution < -0.4 is 10.8 Å². The number of hydrogen-bond donors (Lipinski definition) is 2. The zero-order valence-corrected chi connectivity index (χ0v) is 6.44. The second kappa shape index (κ2) is 6.51. The Morgan fingerprint density at radius 2 is 2.20 bits per heavy atom. The van der Waals surface area contributed by atoms with Crippen LogP contribution >= 0.6 is 0 Å². The number of carbonyl (C=O) groups is 1. The highest BCUT2D eigenvalue weighted by molar-refractivity contribution is 5.76. The van der Waals surface area contributed by atoms with E-state index in [0.717, 1.165) is 6.54 Å². The Morgan fingerprint density at radius 1 is 1.50 bits per heavy atom. The van der Waals surface area contributed by atoms with Crippen molar-refractivity contribution >= 4 is 5.91 Å². The molecule has 0 atom stereocenters. The third-order valence-electron chi connectivity index (χ3n) is 0.866. The number of carbonyl (C=O) groups excluding carboxylic acids is 1. The molecule has 10 heavy (non-hydrogen) atoms. The number of amides is 1. The second-order valence-electron chi connectivity index (χ2n) is 1.74. The molecule has 0 aromatic heterocycles. The van der Waals surface area contributed by atoms with E-state index in [1.165, 1.54) is 0 Å². The molecule has 0 saturated heterocycles. The fraction of sp³-hybridized carbons (Fsp3) is 0.833. The van der Waals surface area contributed by atoms with Gasteiger partial charge in [0, 0.05) is 0 Å². The largest absolute Gasteiger partial charge is 0.309 e. The van der Waals surface area contributed by atoms with E-state index in [0.29, 0.717) is 13.2 Å². The van der Waals surface area contributed by atoms with E-state index in [2.05, 4.69) is 15.6 Å². The summed E-state index contributed by atoms with van der Waals surface area (Å²) in [4.78, 5) is 15.3. The van der Waals surface area contributed by atoms with Crippen molar-refractivity contribution in [2.24, 2.45) is 0 Å². The van der Waals surface area contributed by atoms with E-state index in [9.17, 15) is 4.79 Å². The Hall–Kier alpha value is -0.610. The molecule has 0 heterocycles. The summed E-state index contributed by atoms with van der Waals surface area (Å²) in [7, 11) is 0. The van der Waals surface area contributed by atoms with Crippen LogP contribution in [0.5, 0.6) is 0 Å². The smallest absolute Gasteiger partial charge is 0.257 e. The van der Waals surface area contributed by atoms with Gasteiger partial charge in [0.05, 0.1) is 13.2 Å². The van der Waals surface area contributed by atoms with Crippen LogP contribution in [0.2, 0.25) is 0 Å². The third kappa shape index (κ3) is 5.53. The van der Waals surface area contributed by atoms with Crippen LogP contribution in [0.3, 0.4) is 0 Å². The molecule has 60 valence electrons. The molecule has 1 amide bonds. The minimum atomic E-state index is -0.135. The lowest BCUT2D eigenvalue weighted by atomic mass is 10.6. The average molecular weight is 146 g/mol. The van der Waals surface area contributed by atoms with Crippen molar-refractivity contribution in [3.05, 3.63) is 0 Å². The van der Waals surface area contributed by atoms with E-state index < -0.39 is 0 Å². The van der Waals surface area contributed by atoms with E-state index in [-0.39, 0.29) is 5.91 Å². The molecule has 0 rings (SSSR count). The van der Waals surface area contributed by atoms with E-state index >= 15 is 0 Å². The molecule has 2 N–H and O–H groups in total. The monoisotopic (exact) mass is 146 g/mol. The van der Waals surface area contributed by atoms with Crippen molar-refractivity contribution < 1.29 is 9.63 Å². The first-order valence-electron chi connectivity index (χ1n) is 3.42. The second-order valence-corrected chi connectivity index (χ2v) is 1.74. The predicted molar refractivity (Wildman–Crippen MR) is 38.3 cm³/mol. The number of hydroxylamine groups is 1. The zero-order chi connectivity index (χ0) is 7.82. The predicted octanol–water partition coefficient (Wildman–Crippen LogP) is -0.336. The molecule has 0 unspecified atom stereocenters. The van der Waals surface area contributed by atoms with Crippen molar-refractivity contribution in [2.75, 3.05) is 19.7 Å². The quantitative estimate of drug-likeness (QED) is 0.522. The van der Waals surface area contributed by atoms with Gasteiger partial charge in [0.2, 0.25) is 0 Å². The fourth-order valence-electron chi connectivity index (χ4n) is 0.427. The van der Waals surface area contributed by atoms with Crippen molar-refractivity contribution in [3.63, 3.8) is 0 Å². The Kier molecular flexibility index (Phi) is 6.11. The lowest BCUT2D eigenvalue weighted by Crippen LogP contribution is -2.33. The first-order valence-corrected chi connectivity index (χ1v) is 3.42. The van der Waals surface area contributed by atoms with Crippen LogP contribution in [0.15, 0.2) is 0 Å². The van der Waals surface area contributed by atoms with Crippen molar-refractivity contribution in [3.8, 4) is 0 Å². The fourth-order valence-corrected chi connectivity index (χ4v) is 0.427. The van der Waals surface area contributed by atoms with Gasteiger partial charge in [-0.1, -0.05) is 6.92 Å². The topological polar surface area (TPSA) is 50.4 Å². The molecule has 4 nitrogen and oxygen atoms in total. The van der Waals surface area contributed by atoms with Crippen LogP contribution in [0.1, 0.15) is 13.8 Å². The maximum Gasteiger partial charge on any atom is 0.257 e. The van der Waals surface area contributed by atoms with Crippen molar-refractivity contribution in [1.29, 1.82) is 0 Å². The lowest BCUT2D eigenvalue weighted by Gasteiger charge is -2.02. The lowest BCUT2D eigenvalue weighted by molar-refractivity contribution is -0.132. The third-order valence-corrected chi connectivity index (χ3v) is 0.866. The van der Waals surface area contributed by atoms with E-state index in [1.807, 2.05) is 13.8 Å². The highest BCUT2D eigenvalue weighted by atomic mass is 16.6. The van der Waals surface area contributed by atoms with Crippen molar-refractivity contribution in [1.82, 2.24) is 10.8 Å². The summed E-state index contributed by atoms with van der Waals surface area (Å²) in [6, 6.07) is 0.